The summed E-state index contributed by atoms with van der Waals surface area (Å²) in [7, 11) is 0. The molecule has 0 unspecified atom stereocenters. The molecule has 1 amide bonds. The van der Waals surface area contributed by atoms with Crippen LogP contribution >= 0.6 is 11.3 Å². The van der Waals surface area contributed by atoms with Crippen molar-refractivity contribution in [2.45, 2.75) is 13.5 Å². The van der Waals surface area contributed by atoms with Crippen LogP contribution in [0.3, 0.4) is 0 Å². The van der Waals surface area contributed by atoms with Crippen LogP contribution in [-0.4, -0.2) is 47.1 Å². The van der Waals surface area contributed by atoms with Crippen LogP contribution in [0.2, 0.25) is 0 Å². The molecular weight excluding hydrogens is 386 g/mol. The molecule has 3 aromatic rings. The van der Waals surface area contributed by atoms with E-state index < -0.39 is 0 Å². The van der Waals surface area contributed by atoms with E-state index in [0.29, 0.717) is 38.3 Å². The van der Waals surface area contributed by atoms with Gasteiger partial charge >= 0.3 is 0 Å². The summed E-state index contributed by atoms with van der Waals surface area (Å²) in [6.07, 6.45) is 0. The van der Waals surface area contributed by atoms with Crippen molar-refractivity contribution < 1.29 is 14.6 Å². The summed E-state index contributed by atoms with van der Waals surface area (Å²) in [5, 5.41) is 13.0. The van der Waals surface area contributed by atoms with Gasteiger partial charge in [-0.15, -0.1) is 11.3 Å². The van der Waals surface area contributed by atoms with Crippen LogP contribution < -0.4 is 9.64 Å². The molecule has 1 N–H and O–H groups in total. The SMILES string of the molecule is Cc1csc(COc2ccc(C(=O)N3CCN(c4ccccc4O)CC3)cc2)n1. The number of carbonyl (C=O) groups is 1. The van der Waals surface area contributed by atoms with Gasteiger partial charge in [-0.05, 0) is 43.3 Å². The number of carbonyl (C=O) groups excluding carboxylic acids is 1. The summed E-state index contributed by atoms with van der Waals surface area (Å²) < 4.78 is 5.75. The van der Waals surface area contributed by atoms with Crippen molar-refractivity contribution in [3.05, 3.63) is 70.2 Å². The second kappa shape index (κ2) is 8.53. The van der Waals surface area contributed by atoms with Gasteiger partial charge in [-0.2, -0.15) is 0 Å². The Morgan fingerprint density at radius 3 is 2.48 bits per heavy atom. The fraction of sp³-hybridized carbons (Fsp3) is 0.273. The van der Waals surface area contributed by atoms with Gasteiger partial charge in [0.15, 0.2) is 0 Å². The predicted octanol–water partition coefficient (Wildman–Crippen LogP) is 3.70. The number of aromatic nitrogens is 1. The number of thiazole rings is 1. The standard InChI is InChI=1S/C22H23N3O3S/c1-16-15-29-21(23-16)14-28-18-8-6-17(7-9-18)22(27)25-12-10-24(11-13-25)19-4-2-3-5-20(19)26/h2-9,15,26H,10-14H2,1H3. The summed E-state index contributed by atoms with van der Waals surface area (Å²) in [6.45, 7) is 5.02. The summed E-state index contributed by atoms with van der Waals surface area (Å²) in [5.41, 5.74) is 2.46. The third-order valence-electron chi connectivity index (χ3n) is 4.92. The minimum atomic E-state index is 0.0176. The van der Waals surface area contributed by atoms with Crippen molar-refractivity contribution in [3.8, 4) is 11.5 Å². The Bertz CT molecular complexity index is 979. The number of hydrogen-bond acceptors (Lipinski definition) is 6. The minimum Gasteiger partial charge on any atom is -0.506 e. The van der Waals surface area contributed by atoms with Gasteiger partial charge in [-0.3, -0.25) is 4.79 Å². The highest BCUT2D eigenvalue weighted by Gasteiger charge is 2.23. The zero-order valence-electron chi connectivity index (χ0n) is 16.2. The van der Waals surface area contributed by atoms with E-state index in [1.807, 2.05) is 47.5 Å². The molecule has 1 fully saturated rings. The highest BCUT2D eigenvalue weighted by atomic mass is 32.1. The second-order valence-corrected chi connectivity index (χ2v) is 7.91. The van der Waals surface area contributed by atoms with Gasteiger partial charge in [0.05, 0.1) is 5.69 Å². The maximum Gasteiger partial charge on any atom is 0.253 e. The number of amides is 1. The number of aryl methyl sites for hydroxylation is 1. The molecule has 0 aliphatic carbocycles. The summed E-state index contributed by atoms with van der Waals surface area (Å²) in [4.78, 5) is 21.2. The third kappa shape index (κ3) is 4.51. The van der Waals surface area contributed by atoms with Crippen LogP contribution in [0.1, 0.15) is 21.1 Å². The predicted molar refractivity (Wildman–Crippen MR) is 114 cm³/mol. The van der Waals surface area contributed by atoms with E-state index >= 15 is 0 Å². The number of rotatable bonds is 5. The lowest BCUT2D eigenvalue weighted by molar-refractivity contribution is 0.0746. The van der Waals surface area contributed by atoms with Gasteiger partial charge in [0.25, 0.3) is 5.91 Å². The van der Waals surface area contributed by atoms with E-state index in [1.54, 1.807) is 29.5 Å². The molecule has 1 saturated heterocycles. The molecule has 0 radical (unpaired) electrons. The number of aromatic hydroxyl groups is 1. The first-order valence-corrected chi connectivity index (χ1v) is 10.4. The number of hydrogen-bond donors (Lipinski definition) is 1. The summed E-state index contributed by atoms with van der Waals surface area (Å²) in [6, 6.07) is 14.6. The minimum absolute atomic E-state index is 0.0176. The Balaban J connectivity index is 1.32. The first kappa shape index (κ1) is 19.3. The van der Waals surface area contributed by atoms with Crippen LogP contribution in [0, 0.1) is 6.92 Å². The maximum absolute atomic E-state index is 12.8. The molecule has 0 spiro atoms. The molecule has 150 valence electrons. The lowest BCUT2D eigenvalue weighted by atomic mass is 10.1. The van der Waals surface area contributed by atoms with E-state index in [4.69, 9.17) is 4.74 Å². The molecular formula is C22H23N3O3S. The van der Waals surface area contributed by atoms with Crippen molar-refractivity contribution in [1.82, 2.24) is 9.88 Å². The fourth-order valence-electron chi connectivity index (χ4n) is 3.37. The monoisotopic (exact) mass is 409 g/mol. The highest BCUT2D eigenvalue weighted by molar-refractivity contribution is 7.09. The molecule has 6 nitrogen and oxygen atoms in total. The number of phenolic OH excluding ortho intramolecular Hbond substituents is 1. The molecule has 0 saturated carbocycles. The second-order valence-electron chi connectivity index (χ2n) is 6.96. The number of nitrogens with zero attached hydrogens (tertiary/aromatic N) is 3. The van der Waals surface area contributed by atoms with Crippen LogP contribution in [0.4, 0.5) is 5.69 Å². The number of benzene rings is 2. The summed E-state index contributed by atoms with van der Waals surface area (Å²) >= 11 is 1.58. The molecule has 1 aliphatic heterocycles. The molecule has 0 atom stereocenters. The highest BCUT2D eigenvalue weighted by Crippen LogP contribution is 2.27. The first-order chi connectivity index (χ1) is 14.1. The molecule has 2 heterocycles. The average Bonchev–Trinajstić information content (AvgIpc) is 3.18. The molecule has 7 heteroatoms. The average molecular weight is 410 g/mol. The molecule has 4 rings (SSSR count). The van der Waals surface area contributed by atoms with E-state index in [9.17, 15) is 9.90 Å². The molecule has 29 heavy (non-hydrogen) atoms. The zero-order valence-corrected chi connectivity index (χ0v) is 17.1. The number of ether oxygens (including phenoxy) is 1. The van der Waals surface area contributed by atoms with E-state index in [-0.39, 0.29) is 11.7 Å². The number of para-hydroxylation sites is 2. The molecule has 1 aromatic heterocycles. The van der Waals surface area contributed by atoms with Gasteiger partial charge in [0.1, 0.15) is 23.1 Å². The Hall–Kier alpha value is -3.06. The smallest absolute Gasteiger partial charge is 0.253 e. The van der Waals surface area contributed by atoms with Crippen LogP contribution in [-0.2, 0) is 6.61 Å². The Morgan fingerprint density at radius 1 is 1.10 bits per heavy atom. The van der Waals surface area contributed by atoms with Crippen LogP contribution in [0.15, 0.2) is 53.9 Å². The van der Waals surface area contributed by atoms with E-state index in [2.05, 4.69) is 9.88 Å². The van der Waals surface area contributed by atoms with Gasteiger partial charge in [0, 0.05) is 42.8 Å². The quantitative estimate of drug-likeness (QED) is 0.696. The molecule has 0 bridgehead atoms. The maximum atomic E-state index is 12.8. The fourth-order valence-corrected chi connectivity index (χ4v) is 4.06. The number of phenols is 1. The van der Waals surface area contributed by atoms with Crippen molar-refractivity contribution in [1.29, 1.82) is 0 Å². The van der Waals surface area contributed by atoms with E-state index in [1.165, 1.54) is 0 Å². The Labute approximate surface area is 174 Å². The largest absolute Gasteiger partial charge is 0.506 e. The zero-order chi connectivity index (χ0) is 20.2. The first-order valence-electron chi connectivity index (χ1n) is 9.56. The third-order valence-corrected chi connectivity index (χ3v) is 5.86. The molecule has 2 aromatic carbocycles. The molecule has 1 aliphatic rings. The van der Waals surface area contributed by atoms with Crippen molar-refractivity contribution in [2.75, 3.05) is 31.1 Å². The normalized spacial score (nSPS) is 14.1. The van der Waals surface area contributed by atoms with Crippen molar-refractivity contribution in [3.63, 3.8) is 0 Å². The lowest BCUT2D eigenvalue weighted by Crippen LogP contribution is -2.48. The lowest BCUT2D eigenvalue weighted by Gasteiger charge is -2.36. The van der Waals surface area contributed by atoms with Crippen LogP contribution in [0.25, 0.3) is 0 Å². The Morgan fingerprint density at radius 2 is 1.83 bits per heavy atom. The van der Waals surface area contributed by atoms with Gasteiger partial charge in [-0.1, -0.05) is 12.1 Å². The van der Waals surface area contributed by atoms with E-state index in [0.717, 1.165) is 22.1 Å². The van der Waals surface area contributed by atoms with Crippen molar-refractivity contribution in [2.24, 2.45) is 0 Å². The van der Waals surface area contributed by atoms with Crippen molar-refractivity contribution >= 4 is 22.9 Å². The van der Waals surface area contributed by atoms with Crippen LogP contribution in [0.5, 0.6) is 11.5 Å². The Kier molecular flexibility index (Phi) is 5.67. The number of anilines is 1. The van der Waals surface area contributed by atoms with Gasteiger partial charge in [0.2, 0.25) is 0 Å². The topological polar surface area (TPSA) is 65.9 Å². The van der Waals surface area contributed by atoms with Gasteiger partial charge in [-0.25, -0.2) is 4.98 Å². The van der Waals surface area contributed by atoms with Gasteiger partial charge < -0.3 is 19.6 Å². The number of piperazine rings is 1. The summed E-state index contributed by atoms with van der Waals surface area (Å²) in [5.74, 6) is 1.01.